The minimum absolute atomic E-state index is 0.0755. The summed E-state index contributed by atoms with van der Waals surface area (Å²) in [5.74, 6) is -0.960. The number of nitrogen functional groups attached to an aromatic ring is 1. The summed E-state index contributed by atoms with van der Waals surface area (Å²) < 4.78 is 11.0. The van der Waals surface area contributed by atoms with E-state index in [1.54, 1.807) is 44.3 Å². The Kier molecular flexibility index (Phi) is 8.60. The predicted molar refractivity (Wildman–Crippen MR) is 107 cm³/mol. The van der Waals surface area contributed by atoms with Crippen molar-refractivity contribution in [1.29, 1.82) is 0 Å². The highest BCUT2D eigenvalue weighted by molar-refractivity contribution is 5.80. The lowest BCUT2D eigenvalue weighted by Crippen LogP contribution is -2.41. The number of nitrogens with two attached hydrogens (primary N) is 1. The Labute approximate surface area is 174 Å². The maximum absolute atomic E-state index is 12.7. The summed E-state index contributed by atoms with van der Waals surface area (Å²) >= 11 is 0. The third kappa shape index (κ3) is 7.41. The quantitative estimate of drug-likeness (QED) is 0.424. The van der Waals surface area contributed by atoms with E-state index >= 15 is 0 Å². The van der Waals surface area contributed by atoms with Crippen molar-refractivity contribution in [2.75, 3.05) is 25.5 Å². The number of carbonyl (C=O) groups is 3. The molecule has 0 spiro atoms. The Morgan fingerprint density at radius 1 is 1.07 bits per heavy atom. The first-order chi connectivity index (χ1) is 14.4. The van der Waals surface area contributed by atoms with Crippen molar-refractivity contribution < 1.29 is 23.9 Å². The maximum atomic E-state index is 12.7. The highest BCUT2D eigenvalue weighted by atomic mass is 16.5. The normalized spacial score (nSPS) is 10.3. The average molecular weight is 418 g/mol. The van der Waals surface area contributed by atoms with Crippen LogP contribution in [-0.4, -0.2) is 57.6 Å². The number of amides is 2. The molecule has 30 heavy (non-hydrogen) atoms. The number of hydrogen-bond donors (Lipinski definition) is 2. The average Bonchev–Trinajstić information content (AvgIpc) is 3.14. The molecule has 0 radical (unpaired) electrons. The number of aromatic nitrogens is 3. The molecule has 3 N–H and O–H groups in total. The van der Waals surface area contributed by atoms with E-state index in [0.717, 1.165) is 5.56 Å². The number of ether oxygens (including phenoxy) is 2. The number of esters is 2. The molecule has 162 valence electrons. The number of rotatable bonds is 10. The van der Waals surface area contributed by atoms with E-state index in [4.69, 9.17) is 15.2 Å². The number of anilines is 1. The Hall–Kier alpha value is -3.63. The third-order valence-corrected chi connectivity index (χ3v) is 3.87. The molecule has 0 fully saturated rings. The van der Waals surface area contributed by atoms with Crippen LogP contribution in [0.2, 0.25) is 0 Å². The van der Waals surface area contributed by atoms with Crippen LogP contribution >= 0.6 is 0 Å². The molecule has 11 nitrogen and oxygen atoms in total. The van der Waals surface area contributed by atoms with Crippen molar-refractivity contribution >= 4 is 23.7 Å². The van der Waals surface area contributed by atoms with Gasteiger partial charge >= 0.3 is 18.0 Å². The molecule has 0 aliphatic rings. The second-order valence-corrected chi connectivity index (χ2v) is 6.27. The van der Waals surface area contributed by atoms with Gasteiger partial charge in [0, 0.05) is 12.2 Å². The minimum Gasteiger partial charge on any atom is -0.465 e. The first-order valence-electron chi connectivity index (χ1n) is 9.48. The highest BCUT2D eigenvalue weighted by Crippen LogP contribution is 2.11. The van der Waals surface area contributed by atoms with Crippen molar-refractivity contribution in [3.05, 3.63) is 41.7 Å². The van der Waals surface area contributed by atoms with Crippen molar-refractivity contribution in [2.24, 2.45) is 0 Å². The van der Waals surface area contributed by atoms with Gasteiger partial charge < -0.3 is 25.4 Å². The van der Waals surface area contributed by atoms with Crippen LogP contribution in [0.1, 0.15) is 25.1 Å². The Morgan fingerprint density at radius 2 is 1.73 bits per heavy atom. The molecular formula is C19H26N6O5. The van der Waals surface area contributed by atoms with Crippen LogP contribution in [0.25, 0.3) is 0 Å². The second kappa shape index (κ2) is 11.4. The second-order valence-electron chi connectivity index (χ2n) is 6.27. The third-order valence-electron chi connectivity index (χ3n) is 3.87. The van der Waals surface area contributed by atoms with Crippen LogP contribution in [0.5, 0.6) is 0 Å². The summed E-state index contributed by atoms with van der Waals surface area (Å²) in [7, 11) is 0. The van der Waals surface area contributed by atoms with E-state index < -0.39 is 18.0 Å². The zero-order valence-electron chi connectivity index (χ0n) is 17.0. The van der Waals surface area contributed by atoms with Crippen molar-refractivity contribution in [2.45, 2.75) is 33.5 Å². The van der Waals surface area contributed by atoms with Gasteiger partial charge in [-0.3, -0.25) is 9.59 Å². The summed E-state index contributed by atoms with van der Waals surface area (Å²) in [6.07, 6.45) is 1.56. The first-order valence-corrected chi connectivity index (χ1v) is 9.48. The molecule has 2 rings (SSSR count). The monoisotopic (exact) mass is 418 g/mol. The standard InChI is InChI=1S/C19H26N6O5/c1-3-29-17(26)9-21-19(28)24(10-14-5-7-15(20)8-6-14)11-16-12-25(23-22-16)13-18(27)30-4-2/h5-8,12H,3-4,9-11,13,20H2,1-2H3,(H,21,28). The van der Waals surface area contributed by atoms with E-state index in [9.17, 15) is 14.4 Å². The van der Waals surface area contributed by atoms with Gasteiger partial charge in [0.2, 0.25) is 0 Å². The lowest BCUT2D eigenvalue weighted by atomic mass is 10.2. The van der Waals surface area contributed by atoms with Gasteiger partial charge in [0.1, 0.15) is 18.8 Å². The van der Waals surface area contributed by atoms with Gasteiger partial charge in [-0.15, -0.1) is 5.10 Å². The van der Waals surface area contributed by atoms with Crippen molar-refractivity contribution in [1.82, 2.24) is 25.2 Å². The smallest absolute Gasteiger partial charge is 0.327 e. The van der Waals surface area contributed by atoms with Gasteiger partial charge in [0.15, 0.2) is 0 Å². The van der Waals surface area contributed by atoms with Gasteiger partial charge in [-0.1, -0.05) is 17.3 Å². The predicted octanol–water partition coefficient (Wildman–Crippen LogP) is 0.698. The fourth-order valence-electron chi connectivity index (χ4n) is 2.54. The van der Waals surface area contributed by atoms with Crippen LogP contribution in [-0.2, 0) is 38.7 Å². The molecule has 0 bridgehead atoms. The van der Waals surface area contributed by atoms with Crippen molar-refractivity contribution in [3.8, 4) is 0 Å². The lowest BCUT2D eigenvalue weighted by Gasteiger charge is -2.22. The summed E-state index contributed by atoms with van der Waals surface area (Å²) in [6, 6.07) is 6.61. The molecule has 2 amide bonds. The van der Waals surface area contributed by atoms with Crippen LogP contribution < -0.4 is 11.1 Å². The fourth-order valence-corrected chi connectivity index (χ4v) is 2.54. The Morgan fingerprint density at radius 3 is 2.40 bits per heavy atom. The van der Waals surface area contributed by atoms with E-state index in [0.29, 0.717) is 11.4 Å². The SMILES string of the molecule is CCOC(=O)CNC(=O)N(Cc1ccc(N)cc1)Cc1cn(CC(=O)OCC)nn1. The van der Waals surface area contributed by atoms with E-state index in [1.165, 1.54) is 9.58 Å². The number of hydrogen-bond acceptors (Lipinski definition) is 8. The fraction of sp³-hybridized carbons (Fsp3) is 0.421. The van der Waals surface area contributed by atoms with Crippen LogP contribution in [0.3, 0.4) is 0 Å². The first kappa shape index (κ1) is 22.7. The molecule has 11 heteroatoms. The van der Waals surface area contributed by atoms with Crippen LogP contribution in [0.15, 0.2) is 30.5 Å². The lowest BCUT2D eigenvalue weighted by molar-refractivity contribution is -0.144. The molecule has 1 aromatic carbocycles. The van der Waals surface area contributed by atoms with E-state index in [-0.39, 0.29) is 39.4 Å². The Bertz CT molecular complexity index is 851. The molecule has 1 aromatic heterocycles. The number of carbonyl (C=O) groups excluding carboxylic acids is 3. The number of benzene rings is 1. The zero-order valence-corrected chi connectivity index (χ0v) is 17.0. The molecule has 0 aliphatic carbocycles. The molecular weight excluding hydrogens is 392 g/mol. The topological polar surface area (TPSA) is 142 Å². The van der Waals surface area contributed by atoms with Gasteiger partial charge in [-0.25, -0.2) is 9.48 Å². The summed E-state index contributed by atoms with van der Waals surface area (Å²) in [5.41, 5.74) is 7.64. The van der Waals surface area contributed by atoms with E-state index in [1.807, 2.05) is 0 Å². The number of nitrogens with one attached hydrogen (secondary N) is 1. The number of urea groups is 1. The zero-order chi connectivity index (χ0) is 21.9. The van der Waals surface area contributed by atoms with Gasteiger partial charge in [0.05, 0.1) is 26.0 Å². The largest absolute Gasteiger partial charge is 0.465 e. The number of nitrogens with zero attached hydrogens (tertiary/aromatic N) is 4. The molecule has 0 saturated heterocycles. The van der Waals surface area contributed by atoms with Crippen LogP contribution in [0.4, 0.5) is 10.5 Å². The molecule has 0 unspecified atom stereocenters. The van der Waals surface area contributed by atoms with Gasteiger partial charge in [-0.05, 0) is 31.5 Å². The Balaban J connectivity index is 2.07. The summed E-state index contributed by atoms with van der Waals surface area (Å²) in [5, 5.41) is 10.4. The van der Waals surface area contributed by atoms with Crippen LogP contribution in [0, 0.1) is 0 Å². The molecule has 0 aliphatic heterocycles. The van der Waals surface area contributed by atoms with E-state index in [2.05, 4.69) is 15.6 Å². The molecule has 2 aromatic rings. The summed E-state index contributed by atoms with van der Waals surface area (Å²) in [4.78, 5) is 37.2. The maximum Gasteiger partial charge on any atom is 0.327 e. The molecule has 1 heterocycles. The molecule has 0 atom stereocenters. The van der Waals surface area contributed by atoms with Crippen molar-refractivity contribution in [3.63, 3.8) is 0 Å². The van der Waals surface area contributed by atoms with Gasteiger partial charge in [0.25, 0.3) is 0 Å². The van der Waals surface area contributed by atoms with Gasteiger partial charge in [-0.2, -0.15) is 0 Å². The highest BCUT2D eigenvalue weighted by Gasteiger charge is 2.18. The molecule has 0 saturated carbocycles. The summed E-state index contributed by atoms with van der Waals surface area (Å²) in [6.45, 7) is 3.95. The minimum atomic E-state index is -0.529.